The van der Waals surface area contributed by atoms with Crippen molar-refractivity contribution in [1.29, 1.82) is 0 Å². The van der Waals surface area contributed by atoms with E-state index in [4.69, 9.17) is 20.5 Å². The highest BCUT2D eigenvalue weighted by Crippen LogP contribution is 2.35. The predicted molar refractivity (Wildman–Crippen MR) is 107 cm³/mol. The quantitative estimate of drug-likeness (QED) is 0.516. The average Bonchev–Trinajstić information content (AvgIpc) is 2.60. The fraction of sp³-hybridized carbons (Fsp3) is 0.400. The van der Waals surface area contributed by atoms with Gasteiger partial charge in [-0.2, -0.15) is 8.42 Å². The Bertz CT molecular complexity index is 883. The summed E-state index contributed by atoms with van der Waals surface area (Å²) < 4.78 is 32.4. The summed E-state index contributed by atoms with van der Waals surface area (Å²) in [7, 11) is -1.28. The Hall–Kier alpha value is -1.60. The molecule has 0 bridgehead atoms. The van der Waals surface area contributed by atoms with Crippen molar-refractivity contribution >= 4 is 21.7 Å². The van der Waals surface area contributed by atoms with Gasteiger partial charge in [0.25, 0.3) is 10.1 Å². The monoisotopic (exact) mass is 409 g/mol. The molecule has 0 spiro atoms. The molecule has 146 valence electrons. The first-order chi connectivity index (χ1) is 12.8. The van der Waals surface area contributed by atoms with E-state index in [1.807, 2.05) is 18.2 Å². The second-order valence-corrected chi connectivity index (χ2v) is 8.97. The Labute approximate surface area is 166 Å². The van der Waals surface area contributed by atoms with Crippen LogP contribution in [0.4, 0.5) is 0 Å². The second-order valence-electron chi connectivity index (χ2n) is 6.89. The number of likely N-dealkylation sites (N-methyl/N-ethyl adjacent to an activating group) is 1. The molecule has 0 aliphatic carbocycles. The maximum atomic E-state index is 10.9. The number of hydrogen-bond donors (Lipinski definition) is 0. The summed E-state index contributed by atoms with van der Waals surface area (Å²) in [6.07, 6.45) is 1.56. The summed E-state index contributed by atoms with van der Waals surface area (Å²) in [5, 5.41) is 0.742. The molecule has 1 atom stereocenters. The molecule has 3 rings (SSSR count). The number of benzene rings is 2. The van der Waals surface area contributed by atoms with E-state index < -0.39 is 10.1 Å². The molecule has 7 heteroatoms. The lowest BCUT2D eigenvalue weighted by atomic mass is 9.85. The van der Waals surface area contributed by atoms with Gasteiger partial charge in [0.15, 0.2) is 0 Å². The van der Waals surface area contributed by atoms with E-state index in [2.05, 4.69) is 36.2 Å². The van der Waals surface area contributed by atoms with Crippen LogP contribution >= 0.6 is 11.6 Å². The van der Waals surface area contributed by atoms with Crippen LogP contribution in [0.3, 0.4) is 0 Å². The molecule has 0 amide bonds. The Morgan fingerprint density at radius 1 is 1.15 bits per heavy atom. The first-order valence-electron chi connectivity index (χ1n) is 8.86. The molecule has 5 nitrogen and oxygen atoms in total. The van der Waals surface area contributed by atoms with Crippen molar-refractivity contribution in [3.8, 4) is 5.75 Å². The maximum absolute atomic E-state index is 10.9. The molecular formula is C20H24ClNO4S. The minimum Gasteiger partial charge on any atom is -0.493 e. The maximum Gasteiger partial charge on any atom is 0.264 e. The van der Waals surface area contributed by atoms with Crippen LogP contribution in [0, 0.1) is 0 Å². The Morgan fingerprint density at radius 3 is 2.59 bits per heavy atom. The van der Waals surface area contributed by atoms with E-state index >= 15 is 0 Å². The van der Waals surface area contributed by atoms with E-state index in [1.165, 1.54) is 16.7 Å². The van der Waals surface area contributed by atoms with Gasteiger partial charge in [-0.05, 0) is 48.0 Å². The molecule has 1 aliphatic rings. The number of rotatable bonds is 7. The third-order valence-corrected chi connectivity index (χ3v) is 5.40. The van der Waals surface area contributed by atoms with Gasteiger partial charge < -0.3 is 9.64 Å². The zero-order valence-corrected chi connectivity index (χ0v) is 17.1. The van der Waals surface area contributed by atoms with Crippen molar-refractivity contribution < 1.29 is 17.3 Å². The van der Waals surface area contributed by atoms with E-state index in [0.29, 0.717) is 18.9 Å². The van der Waals surface area contributed by atoms with Crippen molar-refractivity contribution in [1.82, 2.24) is 4.90 Å². The van der Waals surface area contributed by atoms with E-state index in [-0.39, 0.29) is 6.61 Å². The van der Waals surface area contributed by atoms with Crippen molar-refractivity contribution in [2.45, 2.75) is 18.9 Å². The number of hydrogen-bond acceptors (Lipinski definition) is 5. The molecule has 0 radical (unpaired) electrons. The largest absolute Gasteiger partial charge is 0.493 e. The Balaban J connectivity index is 1.68. The van der Waals surface area contributed by atoms with Gasteiger partial charge >= 0.3 is 0 Å². The first-order valence-corrected chi connectivity index (χ1v) is 11.1. The van der Waals surface area contributed by atoms with Crippen LogP contribution in [-0.4, -0.2) is 46.4 Å². The summed E-state index contributed by atoms with van der Waals surface area (Å²) in [5.41, 5.74) is 3.80. The molecule has 27 heavy (non-hydrogen) atoms. The standard InChI is InChI=1S/C20H24ClNO4S/c1-22-13-16-12-18(25-10-3-11-26-27(2,23)24)8-9-19(16)20(14-22)15-4-6-17(21)7-5-15/h4-9,12,20H,3,10-11,13-14H2,1-2H3. The predicted octanol–water partition coefficient (Wildman–Crippen LogP) is 3.66. The molecule has 1 heterocycles. The number of fused-ring (bicyclic) bond motifs is 1. The zero-order valence-electron chi connectivity index (χ0n) is 15.5. The summed E-state index contributed by atoms with van der Waals surface area (Å²) in [6, 6.07) is 14.2. The van der Waals surface area contributed by atoms with Gasteiger partial charge in [-0.1, -0.05) is 29.8 Å². The highest BCUT2D eigenvalue weighted by Gasteiger charge is 2.25. The minimum absolute atomic E-state index is 0.130. The normalized spacial score (nSPS) is 17.5. The van der Waals surface area contributed by atoms with Crippen LogP contribution in [0.15, 0.2) is 42.5 Å². The average molecular weight is 410 g/mol. The second kappa shape index (κ2) is 8.61. The van der Waals surface area contributed by atoms with Crippen LogP contribution in [0.5, 0.6) is 5.75 Å². The van der Waals surface area contributed by atoms with E-state index in [9.17, 15) is 8.42 Å². The fourth-order valence-electron chi connectivity index (χ4n) is 3.35. The van der Waals surface area contributed by atoms with Gasteiger partial charge in [0, 0.05) is 30.5 Å². The first kappa shape index (κ1) is 20.1. The summed E-state index contributed by atoms with van der Waals surface area (Å²) in [4.78, 5) is 2.30. The molecule has 1 aliphatic heterocycles. The number of ether oxygens (including phenoxy) is 1. The van der Waals surface area contributed by atoms with Gasteiger partial charge in [-0.25, -0.2) is 0 Å². The Kier molecular flexibility index (Phi) is 6.42. The van der Waals surface area contributed by atoms with Crippen molar-refractivity contribution in [3.05, 3.63) is 64.2 Å². The Morgan fingerprint density at radius 2 is 1.89 bits per heavy atom. The van der Waals surface area contributed by atoms with Gasteiger partial charge in [-0.3, -0.25) is 4.18 Å². The molecule has 2 aromatic carbocycles. The lowest BCUT2D eigenvalue weighted by molar-refractivity contribution is 0.250. The fourth-order valence-corrected chi connectivity index (χ4v) is 3.90. The van der Waals surface area contributed by atoms with Crippen molar-refractivity contribution in [3.63, 3.8) is 0 Å². The summed E-state index contributed by atoms with van der Waals surface area (Å²) >= 11 is 6.03. The van der Waals surface area contributed by atoms with Crippen LogP contribution in [0.1, 0.15) is 29.0 Å². The van der Waals surface area contributed by atoms with Gasteiger partial charge in [-0.15, -0.1) is 0 Å². The lowest BCUT2D eigenvalue weighted by Crippen LogP contribution is -2.31. The number of nitrogens with zero attached hydrogens (tertiary/aromatic N) is 1. The van der Waals surface area contributed by atoms with Crippen LogP contribution in [0.25, 0.3) is 0 Å². The van der Waals surface area contributed by atoms with Gasteiger partial charge in [0.2, 0.25) is 0 Å². The molecule has 2 aromatic rings. The van der Waals surface area contributed by atoms with Gasteiger partial charge in [0.1, 0.15) is 5.75 Å². The van der Waals surface area contributed by atoms with E-state index in [0.717, 1.165) is 30.1 Å². The minimum atomic E-state index is -3.39. The molecule has 1 unspecified atom stereocenters. The molecule has 0 aromatic heterocycles. The molecule has 0 saturated carbocycles. The third-order valence-electron chi connectivity index (χ3n) is 4.55. The topological polar surface area (TPSA) is 55.8 Å². The SMILES string of the molecule is CN1Cc2cc(OCCCOS(C)(=O)=O)ccc2C(c2ccc(Cl)cc2)C1. The number of halogens is 1. The smallest absolute Gasteiger partial charge is 0.264 e. The molecular weight excluding hydrogens is 386 g/mol. The van der Waals surface area contributed by atoms with Crippen molar-refractivity contribution in [2.24, 2.45) is 0 Å². The summed E-state index contributed by atoms with van der Waals surface area (Å²) in [6.45, 7) is 2.36. The van der Waals surface area contributed by atoms with Crippen LogP contribution < -0.4 is 4.74 Å². The van der Waals surface area contributed by atoms with Crippen LogP contribution in [0.2, 0.25) is 5.02 Å². The summed E-state index contributed by atoms with van der Waals surface area (Å²) in [5.74, 6) is 1.09. The highest BCUT2D eigenvalue weighted by molar-refractivity contribution is 7.85. The van der Waals surface area contributed by atoms with Gasteiger partial charge in [0.05, 0.1) is 19.5 Å². The van der Waals surface area contributed by atoms with Crippen LogP contribution in [-0.2, 0) is 20.8 Å². The van der Waals surface area contributed by atoms with E-state index in [1.54, 1.807) is 0 Å². The third kappa shape index (κ3) is 5.69. The highest BCUT2D eigenvalue weighted by atomic mass is 35.5. The molecule has 0 N–H and O–H groups in total. The lowest BCUT2D eigenvalue weighted by Gasteiger charge is -2.33. The molecule has 0 fully saturated rings. The molecule has 0 saturated heterocycles. The van der Waals surface area contributed by atoms with Crippen molar-refractivity contribution in [2.75, 3.05) is 33.1 Å². The zero-order chi connectivity index (χ0) is 19.4.